The maximum Gasteiger partial charge on any atom is 0.227 e. The molecule has 1 saturated heterocycles. The van der Waals surface area contributed by atoms with E-state index in [4.69, 9.17) is 0 Å². The van der Waals surface area contributed by atoms with Crippen LogP contribution in [0, 0.1) is 5.92 Å². The Kier molecular flexibility index (Phi) is 5.54. The molecule has 2 aliphatic rings. The first-order valence-corrected chi connectivity index (χ1v) is 13.1. The number of likely N-dealkylation sites (N-methyl/N-ethyl adjacent to an activating group) is 1. The van der Waals surface area contributed by atoms with Gasteiger partial charge >= 0.3 is 0 Å². The fourth-order valence-corrected chi connectivity index (χ4v) is 5.31. The van der Waals surface area contributed by atoms with E-state index in [9.17, 15) is 4.79 Å². The number of carbonyl (C=O) groups excluding carboxylic acids is 1. The molecule has 0 spiro atoms. The Morgan fingerprint density at radius 2 is 1.89 bits per heavy atom. The van der Waals surface area contributed by atoms with Crippen LogP contribution in [-0.4, -0.2) is 74.2 Å². The van der Waals surface area contributed by atoms with E-state index in [0.717, 1.165) is 90.0 Å². The molecular formula is C28H29N9O. The number of anilines is 2. The average Bonchev–Trinajstić information content (AvgIpc) is 3.52. The Labute approximate surface area is 219 Å². The van der Waals surface area contributed by atoms with E-state index in [-0.39, 0.29) is 11.8 Å². The molecule has 1 aliphatic carbocycles. The molecule has 0 aromatic carbocycles. The largest absolute Gasteiger partial charge is 0.368 e. The second kappa shape index (κ2) is 9.21. The monoisotopic (exact) mass is 507 g/mol. The number of H-pyrrole nitrogens is 2. The van der Waals surface area contributed by atoms with E-state index >= 15 is 0 Å². The van der Waals surface area contributed by atoms with Crippen molar-refractivity contribution < 1.29 is 4.79 Å². The fraction of sp³-hybridized carbons (Fsp3) is 0.321. The van der Waals surface area contributed by atoms with Crippen molar-refractivity contribution in [3.05, 3.63) is 49.1 Å². The number of carbonyl (C=O) groups is 1. The minimum Gasteiger partial charge on any atom is -0.368 e. The van der Waals surface area contributed by atoms with Crippen LogP contribution in [0.4, 0.5) is 11.4 Å². The zero-order chi connectivity index (χ0) is 25.6. The van der Waals surface area contributed by atoms with Gasteiger partial charge in [0, 0.05) is 66.5 Å². The quantitative estimate of drug-likeness (QED) is 0.328. The molecule has 5 aromatic rings. The fourth-order valence-electron chi connectivity index (χ4n) is 5.31. The van der Waals surface area contributed by atoms with Crippen LogP contribution < -0.4 is 10.2 Å². The van der Waals surface area contributed by atoms with E-state index < -0.39 is 0 Å². The molecule has 7 rings (SSSR count). The third-order valence-electron chi connectivity index (χ3n) is 7.83. The minimum absolute atomic E-state index is 0.0686. The standard InChI is InChI=1S/C28H29N9O/c1-36-7-9-37(10-8-36)25-5-6-30-27-21(25)13-23(33-27)26-20-12-22(31-16-24(20)34-35-26)18-11-19(15-29-14-18)32-28(38)17-3-2-4-17/h5-6,11-17H,2-4,7-10H2,1H3,(H,30,33)(H,32,38)(H,34,35). The zero-order valence-corrected chi connectivity index (χ0v) is 21.2. The molecule has 2 fully saturated rings. The summed E-state index contributed by atoms with van der Waals surface area (Å²) in [6.45, 7) is 4.07. The number of hydrogen-bond donors (Lipinski definition) is 3. The third-order valence-corrected chi connectivity index (χ3v) is 7.83. The van der Waals surface area contributed by atoms with Crippen molar-refractivity contribution >= 4 is 39.2 Å². The maximum atomic E-state index is 12.4. The van der Waals surface area contributed by atoms with Crippen molar-refractivity contribution in [1.29, 1.82) is 0 Å². The number of amides is 1. The lowest BCUT2D eigenvalue weighted by Gasteiger charge is -2.34. The Bertz CT molecular complexity index is 1640. The maximum absolute atomic E-state index is 12.4. The number of nitrogens with zero attached hydrogens (tertiary/aromatic N) is 6. The number of aromatic amines is 2. The van der Waals surface area contributed by atoms with Gasteiger partial charge < -0.3 is 20.1 Å². The van der Waals surface area contributed by atoms with Gasteiger partial charge in [-0.2, -0.15) is 5.10 Å². The Morgan fingerprint density at radius 1 is 1.03 bits per heavy atom. The lowest BCUT2D eigenvalue weighted by atomic mass is 9.85. The molecule has 0 atom stereocenters. The highest BCUT2D eigenvalue weighted by Gasteiger charge is 2.25. The lowest BCUT2D eigenvalue weighted by molar-refractivity contribution is -0.122. The van der Waals surface area contributed by atoms with Crippen LogP contribution in [-0.2, 0) is 4.79 Å². The van der Waals surface area contributed by atoms with Gasteiger partial charge in [0.15, 0.2) is 0 Å². The molecule has 6 heterocycles. The number of piperazine rings is 1. The SMILES string of the molecule is CN1CCN(c2ccnc3[nH]c(-c4n[nH]c5cnc(-c6cncc(NC(=O)C7CCC7)c6)cc45)cc23)CC1. The summed E-state index contributed by atoms with van der Waals surface area (Å²) in [5.41, 5.74) is 6.89. The average molecular weight is 508 g/mol. The summed E-state index contributed by atoms with van der Waals surface area (Å²) in [7, 11) is 2.16. The van der Waals surface area contributed by atoms with Crippen LogP contribution in [0.5, 0.6) is 0 Å². The highest BCUT2D eigenvalue weighted by molar-refractivity contribution is 5.99. The number of hydrogen-bond acceptors (Lipinski definition) is 7. The van der Waals surface area contributed by atoms with Crippen LogP contribution in [0.2, 0.25) is 0 Å². The molecule has 10 heteroatoms. The molecule has 0 radical (unpaired) electrons. The van der Waals surface area contributed by atoms with Crippen molar-refractivity contribution in [1.82, 2.24) is 35.0 Å². The second-order valence-electron chi connectivity index (χ2n) is 10.3. The molecule has 192 valence electrons. The minimum atomic E-state index is 0.0686. The number of fused-ring (bicyclic) bond motifs is 2. The molecule has 0 unspecified atom stereocenters. The summed E-state index contributed by atoms with van der Waals surface area (Å²) >= 11 is 0. The molecule has 1 amide bonds. The van der Waals surface area contributed by atoms with Crippen LogP contribution in [0.25, 0.3) is 44.6 Å². The third kappa shape index (κ3) is 4.06. The number of rotatable bonds is 5. The Hall–Kier alpha value is -4.31. The number of aromatic nitrogens is 6. The van der Waals surface area contributed by atoms with Crippen molar-refractivity contribution in [3.63, 3.8) is 0 Å². The second-order valence-corrected chi connectivity index (χ2v) is 10.3. The molecule has 10 nitrogen and oxygen atoms in total. The highest BCUT2D eigenvalue weighted by atomic mass is 16.1. The van der Waals surface area contributed by atoms with Gasteiger partial charge in [0.1, 0.15) is 11.3 Å². The van der Waals surface area contributed by atoms with Crippen molar-refractivity contribution in [2.45, 2.75) is 19.3 Å². The van der Waals surface area contributed by atoms with Crippen molar-refractivity contribution in [3.8, 4) is 22.6 Å². The molecule has 0 bridgehead atoms. The van der Waals surface area contributed by atoms with Crippen LogP contribution in [0.1, 0.15) is 19.3 Å². The smallest absolute Gasteiger partial charge is 0.227 e. The summed E-state index contributed by atoms with van der Waals surface area (Å²) in [6.07, 6.45) is 10.1. The van der Waals surface area contributed by atoms with Gasteiger partial charge in [0.25, 0.3) is 0 Å². The molecule has 1 aliphatic heterocycles. The predicted octanol–water partition coefficient (Wildman–Crippen LogP) is 4.05. The molecule has 5 aromatic heterocycles. The van der Waals surface area contributed by atoms with E-state index in [0.29, 0.717) is 5.69 Å². The summed E-state index contributed by atoms with van der Waals surface area (Å²) in [4.78, 5) is 34.3. The van der Waals surface area contributed by atoms with Gasteiger partial charge in [-0.25, -0.2) is 4.98 Å². The van der Waals surface area contributed by atoms with Crippen LogP contribution >= 0.6 is 0 Å². The molecular weight excluding hydrogens is 478 g/mol. The summed E-state index contributed by atoms with van der Waals surface area (Å²) in [6, 6.07) is 8.18. The van der Waals surface area contributed by atoms with Gasteiger partial charge in [-0.1, -0.05) is 6.42 Å². The summed E-state index contributed by atoms with van der Waals surface area (Å²) in [5, 5.41) is 12.8. The normalized spacial score (nSPS) is 16.7. The van der Waals surface area contributed by atoms with E-state index in [2.05, 4.69) is 64.4 Å². The van der Waals surface area contributed by atoms with Gasteiger partial charge in [-0.05, 0) is 44.2 Å². The predicted molar refractivity (Wildman–Crippen MR) is 148 cm³/mol. The molecule has 38 heavy (non-hydrogen) atoms. The van der Waals surface area contributed by atoms with Gasteiger partial charge in [0.05, 0.1) is 35.0 Å². The van der Waals surface area contributed by atoms with E-state index in [1.165, 1.54) is 5.69 Å². The molecule has 3 N–H and O–H groups in total. The van der Waals surface area contributed by atoms with Gasteiger partial charge in [0.2, 0.25) is 5.91 Å². The number of pyridine rings is 3. The Morgan fingerprint density at radius 3 is 2.71 bits per heavy atom. The van der Waals surface area contributed by atoms with Crippen LogP contribution in [0.15, 0.2) is 49.1 Å². The topological polar surface area (TPSA) is 119 Å². The van der Waals surface area contributed by atoms with E-state index in [1.807, 2.05) is 18.3 Å². The Balaban J connectivity index is 1.22. The van der Waals surface area contributed by atoms with Crippen LogP contribution in [0.3, 0.4) is 0 Å². The number of nitrogens with one attached hydrogen (secondary N) is 3. The van der Waals surface area contributed by atoms with Crippen molar-refractivity contribution in [2.24, 2.45) is 5.92 Å². The van der Waals surface area contributed by atoms with Gasteiger partial charge in [-0.15, -0.1) is 0 Å². The van der Waals surface area contributed by atoms with Gasteiger partial charge in [-0.3, -0.25) is 19.9 Å². The van der Waals surface area contributed by atoms with E-state index in [1.54, 1.807) is 18.6 Å². The highest BCUT2D eigenvalue weighted by Crippen LogP contribution is 2.34. The summed E-state index contributed by atoms with van der Waals surface area (Å²) < 4.78 is 0. The molecule has 1 saturated carbocycles. The summed E-state index contributed by atoms with van der Waals surface area (Å²) in [5.74, 6) is 0.184. The zero-order valence-electron chi connectivity index (χ0n) is 21.2. The van der Waals surface area contributed by atoms with Crippen molar-refractivity contribution in [2.75, 3.05) is 43.4 Å². The first kappa shape index (κ1) is 22.9. The lowest BCUT2D eigenvalue weighted by Crippen LogP contribution is -2.44. The first-order chi connectivity index (χ1) is 18.6. The first-order valence-electron chi connectivity index (χ1n) is 13.1.